The Balaban J connectivity index is 1.62. The summed E-state index contributed by atoms with van der Waals surface area (Å²) in [6.45, 7) is 1.32. The Hall–Kier alpha value is -1.89. The average molecular weight is 379 g/mol. The molecule has 2 aliphatic rings. The van der Waals surface area contributed by atoms with Crippen LogP contribution < -0.4 is 5.32 Å². The molecule has 0 unspecified atom stereocenters. The molecule has 1 atom stereocenters. The van der Waals surface area contributed by atoms with Gasteiger partial charge in [0.15, 0.2) is 16.4 Å². The predicted octanol–water partition coefficient (Wildman–Crippen LogP) is 1.73. The normalized spacial score (nSPS) is 26.3. The van der Waals surface area contributed by atoms with Crippen LogP contribution in [0.5, 0.6) is 0 Å². The molecule has 1 amide bonds. The van der Waals surface area contributed by atoms with Gasteiger partial charge in [0.05, 0.1) is 22.5 Å². The number of hydrogen-bond donors (Lipinski definition) is 1. The summed E-state index contributed by atoms with van der Waals surface area (Å²) in [7, 11) is -3.11. The second-order valence-corrected chi connectivity index (χ2v) is 9.87. The van der Waals surface area contributed by atoms with Crippen LogP contribution in [0, 0.1) is 0 Å². The van der Waals surface area contributed by atoms with Crippen LogP contribution in [0.2, 0.25) is 0 Å². The second-order valence-electron chi connectivity index (χ2n) is 7.68. The lowest BCUT2D eigenvalue weighted by Crippen LogP contribution is -2.49. The molecule has 0 spiro atoms. The van der Waals surface area contributed by atoms with Gasteiger partial charge in [0.2, 0.25) is 0 Å². The third-order valence-electron chi connectivity index (χ3n) is 5.45. The number of sulfone groups is 1. The monoisotopic (exact) mass is 379 g/mol. The zero-order valence-electron chi connectivity index (χ0n) is 15.0. The summed E-state index contributed by atoms with van der Waals surface area (Å²) in [4.78, 5) is 25.0. The van der Waals surface area contributed by atoms with E-state index in [1.54, 1.807) is 6.92 Å². The number of amides is 1. The third kappa shape index (κ3) is 3.92. The first-order valence-corrected chi connectivity index (χ1v) is 10.8. The Labute approximate surface area is 154 Å². The number of esters is 1. The van der Waals surface area contributed by atoms with Crippen LogP contribution in [-0.2, 0) is 29.6 Å². The van der Waals surface area contributed by atoms with E-state index in [1.807, 2.05) is 30.3 Å². The van der Waals surface area contributed by atoms with Crippen molar-refractivity contribution >= 4 is 21.7 Å². The van der Waals surface area contributed by atoms with Crippen molar-refractivity contribution in [2.45, 2.75) is 50.0 Å². The maximum Gasteiger partial charge on any atom is 0.317 e. The molecule has 26 heavy (non-hydrogen) atoms. The summed E-state index contributed by atoms with van der Waals surface area (Å²) in [5.41, 5.74) is -0.536. The summed E-state index contributed by atoms with van der Waals surface area (Å²) in [5, 5.41) is 2.71. The van der Waals surface area contributed by atoms with Crippen LogP contribution in [0.4, 0.5) is 0 Å². The van der Waals surface area contributed by atoms with E-state index in [1.165, 1.54) is 0 Å². The lowest BCUT2D eigenvalue weighted by atomic mass is 9.79. The van der Waals surface area contributed by atoms with Crippen molar-refractivity contribution in [2.24, 2.45) is 0 Å². The van der Waals surface area contributed by atoms with E-state index in [0.717, 1.165) is 18.4 Å². The molecule has 0 radical (unpaired) electrons. The molecule has 1 aromatic carbocycles. The van der Waals surface area contributed by atoms with Gasteiger partial charge in [0.1, 0.15) is 0 Å². The fourth-order valence-corrected chi connectivity index (χ4v) is 6.19. The van der Waals surface area contributed by atoms with Crippen molar-refractivity contribution in [1.29, 1.82) is 0 Å². The highest BCUT2D eigenvalue weighted by atomic mass is 32.2. The zero-order valence-corrected chi connectivity index (χ0v) is 15.8. The highest BCUT2D eigenvalue weighted by Crippen LogP contribution is 2.42. The van der Waals surface area contributed by atoms with E-state index in [2.05, 4.69) is 5.32 Å². The molecule has 1 heterocycles. The molecule has 1 saturated carbocycles. The predicted molar refractivity (Wildman–Crippen MR) is 97.4 cm³/mol. The Kier molecular flexibility index (Phi) is 5.10. The minimum atomic E-state index is -3.11. The smallest absolute Gasteiger partial charge is 0.317 e. The second kappa shape index (κ2) is 7.02. The van der Waals surface area contributed by atoms with Gasteiger partial charge in [-0.3, -0.25) is 9.59 Å². The molecule has 0 aromatic heterocycles. The Morgan fingerprint density at radius 1 is 1.12 bits per heavy atom. The van der Waals surface area contributed by atoms with E-state index in [9.17, 15) is 18.0 Å². The number of nitrogens with one attached hydrogen (secondary N) is 1. The summed E-state index contributed by atoms with van der Waals surface area (Å²) < 4.78 is 28.6. The molecule has 1 aliphatic heterocycles. The number of ether oxygens (including phenoxy) is 1. The van der Waals surface area contributed by atoms with E-state index in [0.29, 0.717) is 19.3 Å². The van der Waals surface area contributed by atoms with Crippen LogP contribution in [0.25, 0.3) is 0 Å². The first kappa shape index (κ1) is 18.9. The summed E-state index contributed by atoms with van der Waals surface area (Å²) in [6.07, 6.45) is 3.71. The SMILES string of the molecule is C[C@]1(NC(=O)COC(=O)C2(c3ccccc3)CCCC2)CCS(=O)(=O)C1. The average Bonchev–Trinajstić information content (AvgIpc) is 3.19. The summed E-state index contributed by atoms with van der Waals surface area (Å²) >= 11 is 0. The lowest BCUT2D eigenvalue weighted by molar-refractivity contribution is -0.154. The van der Waals surface area contributed by atoms with E-state index in [4.69, 9.17) is 4.74 Å². The molecule has 2 fully saturated rings. The van der Waals surface area contributed by atoms with Crippen molar-refractivity contribution in [3.63, 3.8) is 0 Å². The molecule has 142 valence electrons. The fraction of sp³-hybridized carbons (Fsp3) is 0.579. The highest BCUT2D eigenvalue weighted by Gasteiger charge is 2.44. The minimum Gasteiger partial charge on any atom is -0.455 e. The molecule has 1 saturated heterocycles. The van der Waals surface area contributed by atoms with E-state index in [-0.39, 0.29) is 24.1 Å². The van der Waals surface area contributed by atoms with Crippen molar-refractivity contribution in [1.82, 2.24) is 5.32 Å². The van der Waals surface area contributed by atoms with Crippen LogP contribution in [0.15, 0.2) is 30.3 Å². The van der Waals surface area contributed by atoms with Gasteiger partial charge in [-0.2, -0.15) is 0 Å². The molecule has 0 bridgehead atoms. The van der Waals surface area contributed by atoms with Gasteiger partial charge in [0.25, 0.3) is 5.91 Å². The highest BCUT2D eigenvalue weighted by molar-refractivity contribution is 7.91. The lowest BCUT2D eigenvalue weighted by Gasteiger charge is -2.28. The Morgan fingerprint density at radius 3 is 2.35 bits per heavy atom. The fourth-order valence-electron chi connectivity index (χ4n) is 4.10. The van der Waals surface area contributed by atoms with Crippen molar-refractivity contribution in [3.8, 4) is 0 Å². The van der Waals surface area contributed by atoms with Gasteiger partial charge < -0.3 is 10.1 Å². The number of carbonyl (C=O) groups excluding carboxylic acids is 2. The van der Waals surface area contributed by atoms with E-state index < -0.39 is 26.7 Å². The zero-order chi connectivity index (χ0) is 18.8. The van der Waals surface area contributed by atoms with Gasteiger partial charge in [-0.25, -0.2) is 8.42 Å². The van der Waals surface area contributed by atoms with Crippen LogP contribution in [-0.4, -0.2) is 43.9 Å². The number of benzene rings is 1. The van der Waals surface area contributed by atoms with Crippen LogP contribution in [0.3, 0.4) is 0 Å². The Bertz CT molecular complexity index is 783. The Morgan fingerprint density at radius 2 is 1.77 bits per heavy atom. The molecule has 1 aliphatic carbocycles. The first-order chi connectivity index (χ1) is 12.2. The van der Waals surface area contributed by atoms with E-state index >= 15 is 0 Å². The molecule has 7 heteroatoms. The largest absolute Gasteiger partial charge is 0.455 e. The summed E-state index contributed by atoms with van der Waals surface area (Å²) in [6, 6.07) is 9.56. The van der Waals surface area contributed by atoms with Crippen molar-refractivity contribution < 1.29 is 22.7 Å². The number of carbonyl (C=O) groups is 2. The minimum absolute atomic E-state index is 0.0701. The van der Waals surface area contributed by atoms with Crippen LogP contribution >= 0.6 is 0 Å². The van der Waals surface area contributed by atoms with Crippen molar-refractivity contribution in [2.75, 3.05) is 18.1 Å². The standard InChI is InChI=1S/C19H25NO5S/c1-18(11-12-26(23,24)14-18)20-16(21)13-25-17(22)19(9-5-6-10-19)15-7-3-2-4-8-15/h2-4,7-8H,5-6,9-14H2,1H3,(H,20,21)/t18-/m0/s1. The topological polar surface area (TPSA) is 89.5 Å². The molecular weight excluding hydrogens is 354 g/mol. The van der Waals surface area contributed by atoms with Crippen molar-refractivity contribution in [3.05, 3.63) is 35.9 Å². The van der Waals surface area contributed by atoms with Crippen LogP contribution in [0.1, 0.15) is 44.6 Å². The van der Waals surface area contributed by atoms with Gasteiger partial charge in [-0.15, -0.1) is 0 Å². The third-order valence-corrected chi connectivity index (χ3v) is 7.36. The number of rotatable bonds is 5. The quantitative estimate of drug-likeness (QED) is 0.787. The first-order valence-electron chi connectivity index (χ1n) is 8.99. The molecule has 1 N–H and O–H groups in total. The molecule has 6 nitrogen and oxygen atoms in total. The van der Waals surface area contributed by atoms with Gasteiger partial charge >= 0.3 is 5.97 Å². The number of hydrogen-bond acceptors (Lipinski definition) is 5. The maximum absolute atomic E-state index is 12.8. The summed E-state index contributed by atoms with van der Waals surface area (Å²) in [5.74, 6) is -0.839. The van der Waals surface area contributed by atoms with Gasteiger partial charge in [-0.1, -0.05) is 43.2 Å². The van der Waals surface area contributed by atoms with Gasteiger partial charge in [0, 0.05) is 0 Å². The maximum atomic E-state index is 12.8. The molecule has 3 rings (SSSR count). The van der Waals surface area contributed by atoms with Gasteiger partial charge in [-0.05, 0) is 31.7 Å². The molecule has 1 aromatic rings. The molecular formula is C19H25NO5S.